The van der Waals surface area contributed by atoms with Gasteiger partial charge in [0.2, 0.25) is 0 Å². The number of aromatic nitrogens is 1. The molecule has 16 heavy (non-hydrogen) atoms. The summed E-state index contributed by atoms with van der Waals surface area (Å²) in [6, 6.07) is 5.15. The predicted molar refractivity (Wildman–Crippen MR) is 65.3 cm³/mol. The second kappa shape index (κ2) is 4.61. The van der Waals surface area contributed by atoms with Crippen LogP contribution in [-0.4, -0.2) is 4.98 Å². The number of hydrogen-bond donors (Lipinski definition) is 1. The summed E-state index contributed by atoms with van der Waals surface area (Å²) in [4.78, 5) is 4.33. The second-order valence-corrected chi connectivity index (χ2v) is 4.74. The van der Waals surface area contributed by atoms with E-state index in [0.717, 1.165) is 16.4 Å². The number of nitrogens with zero attached hydrogens (tertiary/aromatic N) is 1. The van der Waals surface area contributed by atoms with E-state index in [-0.39, 0.29) is 5.82 Å². The number of benzene rings is 1. The number of halogens is 1. The molecular weight excluding hydrogens is 223 g/mol. The van der Waals surface area contributed by atoms with Crippen molar-refractivity contribution in [3.63, 3.8) is 0 Å². The maximum atomic E-state index is 13.3. The molecule has 0 spiro atoms. The lowest BCUT2D eigenvalue weighted by Crippen LogP contribution is -2.00. The zero-order valence-corrected chi connectivity index (χ0v) is 10.1. The van der Waals surface area contributed by atoms with Crippen LogP contribution in [-0.2, 0) is 6.54 Å². The van der Waals surface area contributed by atoms with Crippen molar-refractivity contribution in [1.29, 1.82) is 0 Å². The SMILES string of the molecule is Cc1nc(CNc2ccc(C)c(F)c2)cs1. The lowest BCUT2D eigenvalue weighted by Gasteiger charge is -2.05. The molecule has 1 aromatic carbocycles. The summed E-state index contributed by atoms with van der Waals surface area (Å²) in [5, 5.41) is 6.20. The van der Waals surface area contributed by atoms with Crippen molar-refractivity contribution in [2.24, 2.45) is 0 Å². The Hall–Kier alpha value is -1.42. The maximum absolute atomic E-state index is 13.3. The molecule has 4 heteroatoms. The minimum atomic E-state index is -0.181. The third-order valence-electron chi connectivity index (χ3n) is 2.31. The molecule has 0 aliphatic rings. The van der Waals surface area contributed by atoms with Gasteiger partial charge in [-0.05, 0) is 31.5 Å². The Bertz CT molecular complexity index is 494. The van der Waals surface area contributed by atoms with Gasteiger partial charge in [0.15, 0.2) is 0 Å². The minimum absolute atomic E-state index is 0.181. The van der Waals surface area contributed by atoms with E-state index in [1.807, 2.05) is 18.4 Å². The molecule has 0 radical (unpaired) electrons. The van der Waals surface area contributed by atoms with Gasteiger partial charge in [-0.15, -0.1) is 11.3 Å². The van der Waals surface area contributed by atoms with Gasteiger partial charge < -0.3 is 5.32 Å². The van der Waals surface area contributed by atoms with Crippen LogP contribution in [0.25, 0.3) is 0 Å². The quantitative estimate of drug-likeness (QED) is 0.882. The van der Waals surface area contributed by atoms with Gasteiger partial charge >= 0.3 is 0 Å². The van der Waals surface area contributed by atoms with E-state index in [1.165, 1.54) is 6.07 Å². The fraction of sp³-hybridized carbons (Fsp3) is 0.250. The zero-order chi connectivity index (χ0) is 11.5. The lowest BCUT2D eigenvalue weighted by atomic mass is 10.2. The standard InChI is InChI=1S/C12H13FN2S/c1-8-3-4-10(5-12(8)13)14-6-11-7-16-9(2)15-11/h3-5,7,14H,6H2,1-2H3. The smallest absolute Gasteiger partial charge is 0.128 e. The Labute approximate surface area is 98.2 Å². The number of nitrogens with one attached hydrogen (secondary N) is 1. The highest BCUT2D eigenvalue weighted by Gasteiger charge is 2.01. The summed E-state index contributed by atoms with van der Waals surface area (Å²) in [6.45, 7) is 4.36. The molecule has 0 saturated carbocycles. The first-order chi connectivity index (χ1) is 7.65. The van der Waals surface area contributed by atoms with Crippen molar-refractivity contribution < 1.29 is 4.39 Å². The van der Waals surface area contributed by atoms with Crippen LogP contribution in [0.5, 0.6) is 0 Å². The van der Waals surface area contributed by atoms with Crippen molar-refractivity contribution in [2.45, 2.75) is 20.4 Å². The van der Waals surface area contributed by atoms with Crippen LogP contribution >= 0.6 is 11.3 Å². The number of hydrogen-bond acceptors (Lipinski definition) is 3. The fourth-order valence-corrected chi connectivity index (χ4v) is 2.00. The van der Waals surface area contributed by atoms with Gasteiger partial charge in [-0.2, -0.15) is 0 Å². The van der Waals surface area contributed by atoms with Crippen molar-refractivity contribution in [3.05, 3.63) is 45.7 Å². The van der Waals surface area contributed by atoms with Gasteiger partial charge in [0.1, 0.15) is 5.82 Å². The van der Waals surface area contributed by atoms with Crippen LogP contribution in [0.3, 0.4) is 0 Å². The number of thiazole rings is 1. The molecule has 0 fully saturated rings. The molecule has 0 bridgehead atoms. The summed E-state index contributed by atoms with van der Waals surface area (Å²) < 4.78 is 13.3. The van der Waals surface area contributed by atoms with Crippen LogP contribution in [0, 0.1) is 19.7 Å². The minimum Gasteiger partial charge on any atom is -0.379 e. The first kappa shape index (κ1) is 11.1. The van der Waals surface area contributed by atoms with Crippen molar-refractivity contribution in [1.82, 2.24) is 4.98 Å². The average molecular weight is 236 g/mol. The largest absolute Gasteiger partial charge is 0.379 e. The molecule has 2 nitrogen and oxygen atoms in total. The summed E-state index contributed by atoms with van der Waals surface area (Å²) in [6.07, 6.45) is 0. The maximum Gasteiger partial charge on any atom is 0.128 e. The molecule has 0 unspecified atom stereocenters. The van der Waals surface area contributed by atoms with E-state index in [1.54, 1.807) is 24.3 Å². The Morgan fingerprint density at radius 3 is 2.81 bits per heavy atom. The third-order valence-corrected chi connectivity index (χ3v) is 3.13. The highest BCUT2D eigenvalue weighted by atomic mass is 32.1. The van der Waals surface area contributed by atoms with Crippen molar-refractivity contribution >= 4 is 17.0 Å². The summed E-state index contributed by atoms with van der Waals surface area (Å²) in [7, 11) is 0. The first-order valence-corrected chi connectivity index (χ1v) is 5.94. The molecule has 2 aromatic rings. The van der Waals surface area contributed by atoms with Crippen LogP contribution in [0.1, 0.15) is 16.3 Å². The number of aryl methyl sites for hydroxylation is 2. The third kappa shape index (κ3) is 2.58. The van der Waals surface area contributed by atoms with Gasteiger partial charge in [0, 0.05) is 11.1 Å². The number of anilines is 1. The van der Waals surface area contributed by atoms with Crippen molar-refractivity contribution in [2.75, 3.05) is 5.32 Å². The van der Waals surface area contributed by atoms with E-state index in [0.29, 0.717) is 12.1 Å². The molecule has 1 aromatic heterocycles. The highest BCUT2D eigenvalue weighted by molar-refractivity contribution is 7.09. The highest BCUT2D eigenvalue weighted by Crippen LogP contribution is 2.15. The summed E-state index contributed by atoms with van der Waals surface area (Å²) in [5.41, 5.74) is 2.44. The van der Waals surface area contributed by atoms with E-state index in [9.17, 15) is 4.39 Å². The molecule has 0 aliphatic heterocycles. The monoisotopic (exact) mass is 236 g/mol. The van der Waals surface area contributed by atoms with E-state index < -0.39 is 0 Å². The Balaban J connectivity index is 2.02. The molecule has 84 valence electrons. The van der Waals surface area contributed by atoms with Gasteiger partial charge in [-0.3, -0.25) is 0 Å². The van der Waals surface area contributed by atoms with Gasteiger partial charge in [-0.25, -0.2) is 9.37 Å². The molecule has 0 saturated heterocycles. The topological polar surface area (TPSA) is 24.9 Å². The molecule has 1 N–H and O–H groups in total. The van der Waals surface area contributed by atoms with Gasteiger partial charge in [0.05, 0.1) is 17.2 Å². The van der Waals surface area contributed by atoms with Crippen LogP contribution < -0.4 is 5.32 Å². The molecule has 0 aliphatic carbocycles. The zero-order valence-electron chi connectivity index (χ0n) is 9.25. The van der Waals surface area contributed by atoms with Crippen LogP contribution in [0.2, 0.25) is 0 Å². The molecule has 1 heterocycles. The fourth-order valence-electron chi connectivity index (χ4n) is 1.38. The number of rotatable bonds is 3. The Morgan fingerprint density at radius 2 is 2.19 bits per heavy atom. The van der Waals surface area contributed by atoms with E-state index in [2.05, 4.69) is 10.3 Å². The molecule has 0 atom stereocenters. The van der Waals surface area contributed by atoms with Gasteiger partial charge in [0.25, 0.3) is 0 Å². The summed E-state index contributed by atoms with van der Waals surface area (Å²) >= 11 is 1.62. The molecule has 0 amide bonds. The van der Waals surface area contributed by atoms with Crippen LogP contribution in [0.15, 0.2) is 23.6 Å². The Kier molecular flexibility index (Phi) is 3.19. The van der Waals surface area contributed by atoms with Gasteiger partial charge in [-0.1, -0.05) is 6.07 Å². The lowest BCUT2D eigenvalue weighted by molar-refractivity contribution is 0.619. The van der Waals surface area contributed by atoms with E-state index in [4.69, 9.17) is 0 Å². The van der Waals surface area contributed by atoms with Crippen molar-refractivity contribution in [3.8, 4) is 0 Å². The average Bonchev–Trinajstić information content (AvgIpc) is 2.66. The predicted octanol–water partition coefficient (Wildman–Crippen LogP) is 3.51. The molecule has 2 rings (SSSR count). The Morgan fingerprint density at radius 1 is 1.38 bits per heavy atom. The first-order valence-electron chi connectivity index (χ1n) is 5.06. The van der Waals surface area contributed by atoms with Crippen LogP contribution in [0.4, 0.5) is 10.1 Å². The second-order valence-electron chi connectivity index (χ2n) is 3.68. The normalized spacial score (nSPS) is 10.4. The summed E-state index contributed by atoms with van der Waals surface area (Å²) in [5.74, 6) is -0.181. The van der Waals surface area contributed by atoms with E-state index >= 15 is 0 Å². The molecular formula is C12H13FN2S.